The maximum Gasteiger partial charge on any atom is 0.264 e. The van der Waals surface area contributed by atoms with Crippen LogP contribution in [0.3, 0.4) is 0 Å². The number of para-hydroxylation sites is 2. The van der Waals surface area contributed by atoms with Gasteiger partial charge in [0.05, 0.1) is 17.2 Å². The van der Waals surface area contributed by atoms with Gasteiger partial charge in [0.25, 0.3) is 10.0 Å². The third-order valence-electron chi connectivity index (χ3n) is 6.44. The molecule has 0 saturated heterocycles. The number of nitrogens with zero attached hydrogens (tertiary/aromatic N) is 2. The summed E-state index contributed by atoms with van der Waals surface area (Å²) >= 11 is 0. The van der Waals surface area contributed by atoms with Crippen molar-refractivity contribution in [2.45, 2.75) is 44.6 Å². The summed E-state index contributed by atoms with van der Waals surface area (Å²) in [6, 6.07) is 22.1. The van der Waals surface area contributed by atoms with Gasteiger partial charge in [-0.1, -0.05) is 67.1 Å². The number of likely N-dealkylation sites (N-methyl/N-ethyl adjacent to an activating group) is 1. The molecule has 0 unspecified atom stereocenters. The van der Waals surface area contributed by atoms with Gasteiger partial charge in [-0.15, -0.1) is 0 Å². The minimum absolute atomic E-state index is 0.0568. The van der Waals surface area contributed by atoms with E-state index in [0.29, 0.717) is 25.2 Å². The zero-order chi connectivity index (χ0) is 28.4. The standard InChI is InChI=1S/C30H37N3O5S/c1-5-26(30(35)31-4)32(21-20-24-12-8-7-9-13-24)29(34)22-33(27-14-10-11-15-28(27)38-6-2)39(36,37)25-18-16-23(3)17-19-25/h7-19,26H,5-6,20-22H2,1-4H3,(H,31,35)/t26-/m1/s1. The number of nitrogens with one attached hydrogen (secondary N) is 1. The van der Waals surface area contributed by atoms with Crippen LogP contribution in [0.25, 0.3) is 0 Å². The predicted octanol–water partition coefficient (Wildman–Crippen LogP) is 4.18. The highest BCUT2D eigenvalue weighted by Gasteiger charge is 2.34. The van der Waals surface area contributed by atoms with Crippen LogP contribution in [-0.4, -0.2) is 57.9 Å². The molecule has 0 saturated carbocycles. The molecule has 0 radical (unpaired) electrons. The third kappa shape index (κ3) is 7.38. The second-order valence-electron chi connectivity index (χ2n) is 9.09. The van der Waals surface area contributed by atoms with Crippen LogP contribution in [0.15, 0.2) is 83.8 Å². The fourth-order valence-electron chi connectivity index (χ4n) is 4.35. The number of ether oxygens (including phenoxy) is 1. The zero-order valence-electron chi connectivity index (χ0n) is 23.0. The smallest absolute Gasteiger partial charge is 0.264 e. The minimum atomic E-state index is -4.16. The molecule has 9 heteroatoms. The quantitative estimate of drug-likeness (QED) is 0.344. The Morgan fingerprint density at radius 3 is 2.18 bits per heavy atom. The molecule has 208 valence electrons. The molecule has 3 rings (SSSR count). The van der Waals surface area contributed by atoms with Gasteiger partial charge in [0.2, 0.25) is 11.8 Å². The number of hydrogen-bond donors (Lipinski definition) is 1. The van der Waals surface area contributed by atoms with Crippen molar-refractivity contribution in [1.82, 2.24) is 10.2 Å². The molecule has 0 aliphatic heterocycles. The lowest BCUT2D eigenvalue weighted by atomic mass is 10.1. The van der Waals surface area contributed by atoms with E-state index in [1.165, 1.54) is 24.1 Å². The largest absolute Gasteiger partial charge is 0.492 e. The Hall–Kier alpha value is -3.85. The normalized spacial score (nSPS) is 11.9. The minimum Gasteiger partial charge on any atom is -0.492 e. The van der Waals surface area contributed by atoms with Crippen molar-refractivity contribution < 1.29 is 22.7 Å². The Bertz CT molecular complexity index is 1340. The number of anilines is 1. The van der Waals surface area contributed by atoms with E-state index < -0.39 is 28.5 Å². The van der Waals surface area contributed by atoms with Gasteiger partial charge in [0.1, 0.15) is 18.3 Å². The molecule has 0 aliphatic carbocycles. The Morgan fingerprint density at radius 2 is 1.56 bits per heavy atom. The number of carbonyl (C=O) groups excluding carboxylic acids is 2. The number of hydrogen-bond acceptors (Lipinski definition) is 5. The van der Waals surface area contributed by atoms with E-state index in [1.54, 1.807) is 43.3 Å². The van der Waals surface area contributed by atoms with Gasteiger partial charge in [0.15, 0.2) is 0 Å². The molecule has 8 nitrogen and oxygen atoms in total. The van der Waals surface area contributed by atoms with Crippen LogP contribution in [0.5, 0.6) is 5.75 Å². The highest BCUT2D eigenvalue weighted by Crippen LogP contribution is 2.33. The Labute approximate surface area is 231 Å². The number of sulfonamides is 1. The second-order valence-corrected chi connectivity index (χ2v) is 10.9. The lowest BCUT2D eigenvalue weighted by Crippen LogP contribution is -2.52. The topological polar surface area (TPSA) is 96.0 Å². The summed E-state index contributed by atoms with van der Waals surface area (Å²) in [5.74, 6) is -0.442. The van der Waals surface area contributed by atoms with E-state index in [2.05, 4.69) is 5.32 Å². The maximum atomic E-state index is 14.0. The van der Waals surface area contributed by atoms with E-state index in [4.69, 9.17) is 4.74 Å². The highest BCUT2D eigenvalue weighted by atomic mass is 32.2. The third-order valence-corrected chi connectivity index (χ3v) is 8.21. The Balaban J connectivity index is 2.05. The molecule has 3 aromatic rings. The average Bonchev–Trinajstić information content (AvgIpc) is 2.94. The van der Waals surface area contributed by atoms with Crippen molar-refractivity contribution in [3.63, 3.8) is 0 Å². The van der Waals surface area contributed by atoms with Gasteiger partial charge >= 0.3 is 0 Å². The van der Waals surface area contributed by atoms with Crippen LogP contribution in [0.1, 0.15) is 31.4 Å². The summed E-state index contributed by atoms with van der Waals surface area (Å²) in [7, 11) is -2.64. The van der Waals surface area contributed by atoms with E-state index in [9.17, 15) is 18.0 Å². The van der Waals surface area contributed by atoms with Gasteiger partial charge in [-0.05, 0) is 56.5 Å². The summed E-state index contributed by atoms with van der Waals surface area (Å²) in [4.78, 5) is 28.3. The fourth-order valence-corrected chi connectivity index (χ4v) is 5.78. The summed E-state index contributed by atoms with van der Waals surface area (Å²) in [6.07, 6.45) is 0.890. The molecule has 1 atom stereocenters. The molecular formula is C30H37N3O5S. The van der Waals surface area contributed by atoms with Crippen LogP contribution >= 0.6 is 0 Å². The molecule has 0 spiro atoms. The van der Waals surface area contributed by atoms with Gasteiger partial charge in [-0.2, -0.15) is 0 Å². The summed E-state index contributed by atoms with van der Waals surface area (Å²) in [6.45, 7) is 5.58. The van der Waals surface area contributed by atoms with Crippen molar-refractivity contribution in [3.05, 3.63) is 90.0 Å². The van der Waals surface area contributed by atoms with E-state index in [1.807, 2.05) is 44.2 Å². The van der Waals surface area contributed by atoms with Gasteiger partial charge in [-0.3, -0.25) is 13.9 Å². The summed E-state index contributed by atoms with van der Waals surface area (Å²) in [5, 5.41) is 2.64. The first-order valence-electron chi connectivity index (χ1n) is 13.1. The van der Waals surface area contributed by atoms with Crippen LogP contribution < -0.4 is 14.4 Å². The van der Waals surface area contributed by atoms with Gasteiger partial charge in [-0.25, -0.2) is 8.42 Å². The lowest BCUT2D eigenvalue weighted by Gasteiger charge is -2.33. The van der Waals surface area contributed by atoms with Crippen molar-refractivity contribution in [2.75, 3.05) is 31.0 Å². The van der Waals surface area contributed by atoms with Crippen molar-refractivity contribution in [3.8, 4) is 5.75 Å². The first kappa shape index (κ1) is 29.7. The molecule has 0 aliphatic rings. The molecule has 0 bridgehead atoms. The lowest BCUT2D eigenvalue weighted by molar-refractivity contribution is -0.139. The number of amides is 2. The monoisotopic (exact) mass is 551 g/mol. The van der Waals surface area contributed by atoms with Crippen LogP contribution in [0.2, 0.25) is 0 Å². The molecule has 1 N–H and O–H groups in total. The fraction of sp³-hybridized carbons (Fsp3) is 0.333. The molecular weight excluding hydrogens is 514 g/mol. The van der Waals surface area contributed by atoms with E-state index >= 15 is 0 Å². The zero-order valence-corrected chi connectivity index (χ0v) is 23.8. The van der Waals surface area contributed by atoms with E-state index in [-0.39, 0.29) is 23.0 Å². The molecule has 0 aromatic heterocycles. The van der Waals surface area contributed by atoms with Crippen molar-refractivity contribution >= 4 is 27.5 Å². The van der Waals surface area contributed by atoms with Crippen LogP contribution in [-0.2, 0) is 26.0 Å². The number of rotatable bonds is 13. The molecule has 0 fully saturated rings. The van der Waals surface area contributed by atoms with Gasteiger partial charge in [0, 0.05) is 13.6 Å². The number of carbonyl (C=O) groups is 2. The average molecular weight is 552 g/mol. The molecule has 39 heavy (non-hydrogen) atoms. The second kappa shape index (κ2) is 13.8. The summed E-state index contributed by atoms with van der Waals surface area (Å²) < 4.78 is 34.8. The Kier molecular flexibility index (Phi) is 10.5. The first-order valence-corrected chi connectivity index (χ1v) is 14.5. The molecule has 3 aromatic carbocycles. The van der Waals surface area contributed by atoms with Crippen LogP contribution in [0, 0.1) is 6.92 Å². The first-order chi connectivity index (χ1) is 18.7. The highest BCUT2D eigenvalue weighted by molar-refractivity contribution is 7.92. The molecule has 2 amide bonds. The number of benzene rings is 3. The maximum absolute atomic E-state index is 14.0. The SMILES string of the molecule is CCOc1ccccc1N(CC(=O)N(CCc1ccccc1)[C@H](CC)C(=O)NC)S(=O)(=O)c1ccc(C)cc1. The predicted molar refractivity (Wildman–Crippen MR) is 153 cm³/mol. The Morgan fingerprint density at radius 1 is 0.923 bits per heavy atom. The van der Waals surface area contributed by atoms with Crippen LogP contribution in [0.4, 0.5) is 5.69 Å². The number of aryl methyl sites for hydroxylation is 1. The van der Waals surface area contributed by atoms with Crippen molar-refractivity contribution in [1.29, 1.82) is 0 Å². The van der Waals surface area contributed by atoms with Gasteiger partial charge < -0.3 is 15.0 Å². The summed E-state index contributed by atoms with van der Waals surface area (Å²) in [5.41, 5.74) is 2.17. The van der Waals surface area contributed by atoms with E-state index in [0.717, 1.165) is 15.4 Å². The molecule has 0 heterocycles. The van der Waals surface area contributed by atoms with Crippen molar-refractivity contribution in [2.24, 2.45) is 0 Å².